The first-order valence-corrected chi connectivity index (χ1v) is 19.9. The van der Waals surface area contributed by atoms with Crippen molar-refractivity contribution in [1.29, 1.82) is 0 Å². The fourth-order valence-corrected chi connectivity index (χ4v) is 8.71. The van der Waals surface area contributed by atoms with E-state index in [1.165, 1.54) is 11.1 Å². The summed E-state index contributed by atoms with van der Waals surface area (Å²) in [5.74, 6) is 1.72. The van der Waals surface area contributed by atoms with Crippen LogP contribution in [0.1, 0.15) is 5.56 Å². The average Bonchev–Trinajstić information content (AvgIpc) is 3.89. The lowest BCUT2D eigenvalue weighted by atomic mass is 9.92. The molecular formula is C53H34N6. The van der Waals surface area contributed by atoms with Gasteiger partial charge in [-0.15, -0.1) is 0 Å². The van der Waals surface area contributed by atoms with Crippen molar-refractivity contribution in [3.05, 3.63) is 194 Å². The van der Waals surface area contributed by atoms with E-state index in [4.69, 9.17) is 19.9 Å². The highest BCUT2D eigenvalue weighted by atomic mass is 15.1. The number of hydrogen-bond acceptors (Lipinski definition) is 4. The molecule has 59 heavy (non-hydrogen) atoms. The molecule has 0 saturated carbocycles. The van der Waals surface area contributed by atoms with Gasteiger partial charge in [0.15, 0.2) is 0 Å². The molecule has 4 heterocycles. The second kappa shape index (κ2) is 13.0. The molecule has 6 nitrogen and oxygen atoms in total. The number of fused-ring (bicyclic) bond motifs is 10. The Labute approximate surface area is 339 Å². The third kappa shape index (κ3) is 5.41. The normalized spacial score (nSPS) is 11.8. The molecule has 0 unspecified atom stereocenters. The van der Waals surface area contributed by atoms with E-state index in [0.29, 0.717) is 0 Å². The van der Waals surface area contributed by atoms with Crippen molar-refractivity contribution in [1.82, 2.24) is 28.7 Å². The van der Waals surface area contributed by atoms with Gasteiger partial charge in [-0.05, 0) is 119 Å². The third-order valence-electron chi connectivity index (χ3n) is 11.5. The van der Waals surface area contributed by atoms with Crippen LogP contribution in [-0.2, 0) is 0 Å². The molecule has 8 aromatic carbocycles. The van der Waals surface area contributed by atoms with Gasteiger partial charge < -0.3 is 0 Å². The molecule has 0 aliphatic rings. The molecule has 276 valence electrons. The maximum Gasteiger partial charge on any atom is 0.149 e. The number of aromatic nitrogens is 6. The zero-order valence-electron chi connectivity index (χ0n) is 32.1. The molecule has 0 fully saturated rings. The van der Waals surface area contributed by atoms with Crippen LogP contribution in [0.4, 0.5) is 0 Å². The van der Waals surface area contributed by atoms with Crippen LogP contribution < -0.4 is 0 Å². The lowest BCUT2D eigenvalue weighted by Crippen LogP contribution is -1.98. The molecule has 0 atom stereocenters. The van der Waals surface area contributed by atoms with E-state index in [1.54, 1.807) is 0 Å². The Morgan fingerprint density at radius 1 is 0.305 bits per heavy atom. The molecule has 0 spiro atoms. The molecule has 0 radical (unpaired) electrons. The Hall–Kier alpha value is -7.96. The number of hydrogen-bond donors (Lipinski definition) is 0. The van der Waals surface area contributed by atoms with Crippen LogP contribution in [0.5, 0.6) is 0 Å². The van der Waals surface area contributed by atoms with Crippen molar-refractivity contribution in [3.8, 4) is 56.2 Å². The van der Waals surface area contributed by atoms with Gasteiger partial charge in [0.05, 0.1) is 33.1 Å². The van der Waals surface area contributed by atoms with Gasteiger partial charge in [-0.2, -0.15) is 0 Å². The zero-order chi connectivity index (χ0) is 39.0. The fraction of sp³-hybridized carbons (Fsp3) is 0.0189. The molecule has 0 aliphatic carbocycles. The minimum absolute atomic E-state index is 0.859. The van der Waals surface area contributed by atoms with E-state index in [9.17, 15) is 0 Å². The van der Waals surface area contributed by atoms with Crippen molar-refractivity contribution in [3.63, 3.8) is 0 Å². The Morgan fingerprint density at radius 3 is 1.15 bits per heavy atom. The van der Waals surface area contributed by atoms with Crippen molar-refractivity contribution in [2.24, 2.45) is 0 Å². The smallest absolute Gasteiger partial charge is 0.149 e. The fourth-order valence-electron chi connectivity index (χ4n) is 8.71. The maximum atomic E-state index is 5.28. The van der Waals surface area contributed by atoms with Crippen LogP contribution in [-0.4, -0.2) is 28.7 Å². The molecule has 4 aromatic heterocycles. The Morgan fingerprint density at radius 2 is 0.678 bits per heavy atom. The highest BCUT2D eigenvalue weighted by Crippen LogP contribution is 2.38. The first-order valence-electron chi connectivity index (χ1n) is 19.9. The van der Waals surface area contributed by atoms with Gasteiger partial charge in [0.2, 0.25) is 0 Å². The summed E-state index contributed by atoms with van der Waals surface area (Å²) >= 11 is 0. The number of para-hydroxylation sites is 6. The van der Waals surface area contributed by atoms with Crippen molar-refractivity contribution in [2.75, 3.05) is 0 Å². The molecule has 0 saturated heterocycles. The topological polar surface area (TPSA) is 60.4 Å². The maximum absolute atomic E-state index is 5.28. The third-order valence-corrected chi connectivity index (χ3v) is 11.5. The highest BCUT2D eigenvalue weighted by molar-refractivity contribution is 6.00. The summed E-state index contributed by atoms with van der Waals surface area (Å²) in [5, 5.41) is 2.06. The average molecular weight is 755 g/mol. The molecule has 0 N–H and O–H groups in total. The van der Waals surface area contributed by atoms with E-state index >= 15 is 0 Å². The summed E-state index contributed by atoms with van der Waals surface area (Å²) in [6.45, 7) is 2.15. The molecular weight excluding hydrogens is 721 g/mol. The largest absolute Gasteiger partial charge is 0.276 e. The van der Waals surface area contributed by atoms with Gasteiger partial charge in [0.25, 0.3) is 0 Å². The Balaban J connectivity index is 1.05. The van der Waals surface area contributed by atoms with Crippen LogP contribution in [0.3, 0.4) is 0 Å². The molecule has 12 rings (SSSR count). The van der Waals surface area contributed by atoms with Crippen molar-refractivity contribution >= 4 is 55.2 Å². The van der Waals surface area contributed by atoms with Crippen molar-refractivity contribution in [2.45, 2.75) is 6.92 Å². The van der Waals surface area contributed by atoms with Gasteiger partial charge >= 0.3 is 0 Å². The Kier molecular flexibility index (Phi) is 7.34. The predicted octanol–water partition coefficient (Wildman–Crippen LogP) is 13.0. The second-order valence-corrected chi connectivity index (χ2v) is 15.3. The molecule has 0 amide bonds. The van der Waals surface area contributed by atoms with Gasteiger partial charge in [-0.3, -0.25) is 8.80 Å². The number of benzene rings is 8. The summed E-state index contributed by atoms with van der Waals surface area (Å²) < 4.78 is 4.41. The van der Waals surface area contributed by atoms with Gasteiger partial charge in [0, 0.05) is 21.9 Å². The number of imidazole rings is 2. The Bertz CT molecular complexity index is 3430. The standard InChI is InChI=1S/C53H34N6/c1-33-13-10-14-34(27-33)39-30-40(35-15-11-17-37(28-35)50-54-44-21-4-2-19-42(44)52-56-46-23-6-8-25-48(46)58(50)52)32-41(31-39)36-16-12-18-38(29-36)51-55-45-22-5-3-20-43(45)53-57-47-24-7-9-26-49(47)59(51)53/h2-32H,1H3. The lowest BCUT2D eigenvalue weighted by Gasteiger charge is -2.14. The number of nitrogens with zero attached hydrogens (tertiary/aromatic N) is 6. The number of rotatable bonds is 5. The molecule has 6 heteroatoms. The monoisotopic (exact) mass is 754 g/mol. The van der Waals surface area contributed by atoms with Gasteiger partial charge in [-0.25, -0.2) is 19.9 Å². The van der Waals surface area contributed by atoms with Crippen LogP contribution in [0, 0.1) is 6.92 Å². The first-order chi connectivity index (χ1) is 29.1. The minimum Gasteiger partial charge on any atom is -0.276 e. The van der Waals surface area contributed by atoms with Gasteiger partial charge in [-0.1, -0.05) is 115 Å². The summed E-state index contributed by atoms with van der Waals surface area (Å²) in [5.41, 5.74) is 17.6. The van der Waals surface area contributed by atoms with Crippen LogP contribution in [0.15, 0.2) is 188 Å². The predicted molar refractivity (Wildman–Crippen MR) is 241 cm³/mol. The van der Waals surface area contributed by atoms with E-state index < -0.39 is 0 Å². The molecule has 0 bridgehead atoms. The zero-order valence-corrected chi connectivity index (χ0v) is 32.1. The van der Waals surface area contributed by atoms with Crippen molar-refractivity contribution < 1.29 is 0 Å². The van der Waals surface area contributed by atoms with Crippen LogP contribution in [0.2, 0.25) is 0 Å². The minimum atomic E-state index is 0.859. The van der Waals surface area contributed by atoms with Crippen LogP contribution in [0.25, 0.3) is 111 Å². The van der Waals surface area contributed by atoms with E-state index in [1.807, 2.05) is 24.3 Å². The summed E-state index contributed by atoms with van der Waals surface area (Å²) in [6, 6.07) is 66.3. The first kappa shape index (κ1) is 33.2. The highest BCUT2D eigenvalue weighted by Gasteiger charge is 2.18. The number of aryl methyl sites for hydroxylation is 1. The molecule has 0 aliphatic heterocycles. The summed E-state index contributed by atoms with van der Waals surface area (Å²) in [4.78, 5) is 20.7. The quantitative estimate of drug-likeness (QED) is 0.176. The summed E-state index contributed by atoms with van der Waals surface area (Å²) in [6.07, 6.45) is 0. The second-order valence-electron chi connectivity index (χ2n) is 15.3. The SMILES string of the molecule is Cc1cccc(-c2cc(-c3cccc(-c4nc5ccccc5c5nc6ccccc6n45)c3)cc(-c3cccc(-c4nc5ccccc5c5nc6ccccc6n45)c3)c2)c1. The summed E-state index contributed by atoms with van der Waals surface area (Å²) in [7, 11) is 0. The van der Waals surface area contributed by atoms with Crippen LogP contribution >= 0.6 is 0 Å². The van der Waals surface area contributed by atoms with E-state index in [-0.39, 0.29) is 0 Å². The van der Waals surface area contributed by atoms with E-state index in [2.05, 4.69) is 180 Å². The molecule has 12 aromatic rings. The van der Waals surface area contributed by atoms with Gasteiger partial charge in [0.1, 0.15) is 22.9 Å². The lowest BCUT2D eigenvalue weighted by molar-refractivity contribution is 1.16. The van der Waals surface area contributed by atoms with E-state index in [0.717, 1.165) is 106 Å².